The summed E-state index contributed by atoms with van der Waals surface area (Å²) in [5.41, 5.74) is 2.18. The topological polar surface area (TPSA) is 54.1 Å². The molecule has 3 aromatic carbocycles. The van der Waals surface area contributed by atoms with Crippen LogP contribution in [0.4, 0.5) is 5.69 Å². The van der Waals surface area contributed by atoms with Gasteiger partial charge in [0, 0.05) is 22.7 Å². The molecule has 118 valence electrons. The fourth-order valence-corrected chi connectivity index (χ4v) is 2.91. The van der Waals surface area contributed by atoms with E-state index in [4.69, 9.17) is 4.74 Å². The summed E-state index contributed by atoms with van der Waals surface area (Å²) < 4.78 is 5.18. The number of aromatic amines is 1. The first-order valence-electron chi connectivity index (χ1n) is 7.70. The molecule has 0 saturated carbocycles. The Bertz CT molecular complexity index is 1050. The smallest absolute Gasteiger partial charge is 0.272 e. The van der Waals surface area contributed by atoms with Gasteiger partial charge in [0.2, 0.25) is 0 Å². The van der Waals surface area contributed by atoms with Crippen molar-refractivity contribution in [3.05, 3.63) is 72.4 Å². The number of aromatic nitrogens is 1. The van der Waals surface area contributed by atoms with Gasteiger partial charge in [-0.05, 0) is 35.0 Å². The molecule has 2 N–H and O–H groups in total. The number of anilines is 1. The van der Waals surface area contributed by atoms with E-state index in [1.807, 2.05) is 42.5 Å². The minimum absolute atomic E-state index is 0.177. The number of hydrogen-bond donors (Lipinski definition) is 2. The predicted molar refractivity (Wildman–Crippen MR) is 96.8 cm³/mol. The lowest BCUT2D eigenvalue weighted by Crippen LogP contribution is -2.12. The summed E-state index contributed by atoms with van der Waals surface area (Å²) in [6, 6.07) is 21.4. The predicted octanol–water partition coefficient (Wildman–Crippen LogP) is 4.58. The number of rotatable bonds is 3. The van der Waals surface area contributed by atoms with E-state index in [0.29, 0.717) is 17.1 Å². The number of hydrogen-bond acceptors (Lipinski definition) is 2. The maximum atomic E-state index is 12.5. The number of methoxy groups -OCH3 is 1. The van der Waals surface area contributed by atoms with Gasteiger partial charge in [0.05, 0.1) is 7.11 Å². The fraction of sp³-hybridized carbons (Fsp3) is 0.0500. The van der Waals surface area contributed by atoms with Crippen molar-refractivity contribution in [1.82, 2.24) is 4.98 Å². The number of H-pyrrole nitrogens is 1. The number of carbonyl (C=O) groups excluding carboxylic acids is 1. The minimum Gasteiger partial charge on any atom is -0.497 e. The lowest BCUT2D eigenvalue weighted by Gasteiger charge is -2.05. The Labute approximate surface area is 139 Å². The van der Waals surface area contributed by atoms with Gasteiger partial charge in [-0.1, -0.05) is 36.4 Å². The zero-order chi connectivity index (χ0) is 16.5. The van der Waals surface area contributed by atoms with Crippen molar-refractivity contribution >= 4 is 33.3 Å². The summed E-state index contributed by atoms with van der Waals surface area (Å²) in [5.74, 6) is 0.527. The quantitative estimate of drug-likeness (QED) is 0.581. The average molecular weight is 316 g/mol. The number of amides is 1. The highest BCUT2D eigenvalue weighted by Crippen LogP contribution is 2.26. The van der Waals surface area contributed by atoms with E-state index in [-0.39, 0.29) is 5.91 Å². The van der Waals surface area contributed by atoms with Crippen molar-refractivity contribution in [1.29, 1.82) is 0 Å². The van der Waals surface area contributed by atoms with Crippen LogP contribution in [0, 0.1) is 0 Å². The minimum atomic E-state index is -0.177. The van der Waals surface area contributed by atoms with Crippen LogP contribution in [0.5, 0.6) is 5.75 Å². The van der Waals surface area contributed by atoms with Crippen LogP contribution in [-0.4, -0.2) is 18.0 Å². The third kappa shape index (κ3) is 2.48. The summed E-state index contributed by atoms with van der Waals surface area (Å²) in [6.45, 7) is 0. The first-order chi connectivity index (χ1) is 11.7. The van der Waals surface area contributed by atoms with E-state index in [9.17, 15) is 4.79 Å². The second-order valence-corrected chi connectivity index (χ2v) is 5.62. The third-order valence-electron chi connectivity index (χ3n) is 4.10. The molecule has 4 heteroatoms. The fourth-order valence-electron chi connectivity index (χ4n) is 2.91. The van der Waals surface area contributed by atoms with Gasteiger partial charge in [-0.15, -0.1) is 0 Å². The number of carbonyl (C=O) groups is 1. The Hall–Kier alpha value is -3.27. The van der Waals surface area contributed by atoms with E-state index in [0.717, 1.165) is 21.7 Å². The molecule has 0 atom stereocenters. The normalized spacial score (nSPS) is 10.9. The van der Waals surface area contributed by atoms with E-state index in [2.05, 4.69) is 28.5 Å². The molecule has 1 aromatic heterocycles. The highest BCUT2D eigenvalue weighted by Gasteiger charge is 2.11. The summed E-state index contributed by atoms with van der Waals surface area (Å²) in [4.78, 5) is 15.7. The molecule has 0 aliphatic carbocycles. The third-order valence-corrected chi connectivity index (χ3v) is 4.10. The molecule has 24 heavy (non-hydrogen) atoms. The maximum Gasteiger partial charge on any atom is 0.272 e. The Kier molecular flexibility index (Phi) is 3.43. The highest BCUT2D eigenvalue weighted by atomic mass is 16.5. The summed E-state index contributed by atoms with van der Waals surface area (Å²) in [7, 11) is 1.60. The largest absolute Gasteiger partial charge is 0.497 e. The van der Waals surface area contributed by atoms with Crippen LogP contribution < -0.4 is 10.1 Å². The van der Waals surface area contributed by atoms with Crippen LogP contribution in [0.1, 0.15) is 10.5 Å². The van der Waals surface area contributed by atoms with Gasteiger partial charge >= 0.3 is 0 Å². The molecule has 0 radical (unpaired) electrons. The number of benzene rings is 3. The molecule has 4 nitrogen and oxygen atoms in total. The second kappa shape index (κ2) is 5.74. The average Bonchev–Trinajstić information content (AvgIpc) is 3.07. The first-order valence-corrected chi connectivity index (χ1v) is 7.70. The molecule has 1 amide bonds. The molecule has 0 spiro atoms. The van der Waals surface area contributed by atoms with Gasteiger partial charge in [-0.2, -0.15) is 0 Å². The first kappa shape index (κ1) is 14.3. The number of fused-ring (bicyclic) bond motifs is 3. The van der Waals surface area contributed by atoms with Crippen molar-refractivity contribution in [2.45, 2.75) is 0 Å². The monoisotopic (exact) mass is 316 g/mol. The summed E-state index contributed by atoms with van der Waals surface area (Å²) in [5, 5.41) is 6.22. The Morgan fingerprint density at radius 1 is 0.958 bits per heavy atom. The second-order valence-electron chi connectivity index (χ2n) is 5.62. The van der Waals surface area contributed by atoms with Gasteiger partial charge in [0.25, 0.3) is 5.91 Å². The van der Waals surface area contributed by atoms with Crippen LogP contribution in [-0.2, 0) is 0 Å². The summed E-state index contributed by atoms with van der Waals surface area (Å²) >= 11 is 0. The Morgan fingerprint density at radius 2 is 1.83 bits per heavy atom. The molecule has 0 bridgehead atoms. The number of nitrogens with one attached hydrogen (secondary N) is 2. The molecule has 4 aromatic rings. The zero-order valence-corrected chi connectivity index (χ0v) is 13.2. The zero-order valence-electron chi connectivity index (χ0n) is 13.2. The van der Waals surface area contributed by atoms with E-state index < -0.39 is 0 Å². The van der Waals surface area contributed by atoms with Gasteiger partial charge < -0.3 is 15.0 Å². The molecule has 0 saturated heterocycles. The standard InChI is InChI=1S/C20H16N2O2/c1-24-15-7-4-6-14(11-15)21-20(23)19-12-17-16-8-3-2-5-13(16)9-10-18(17)22-19/h2-12,22H,1H3,(H,21,23). The lowest BCUT2D eigenvalue weighted by molar-refractivity contribution is 0.102. The van der Waals surface area contributed by atoms with E-state index >= 15 is 0 Å². The SMILES string of the molecule is COc1cccc(NC(=O)c2cc3c(ccc4ccccc43)[nH]2)c1. The molecular weight excluding hydrogens is 300 g/mol. The Morgan fingerprint density at radius 3 is 2.71 bits per heavy atom. The van der Waals surface area contributed by atoms with Crippen molar-refractivity contribution in [3.63, 3.8) is 0 Å². The molecule has 0 fully saturated rings. The van der Waals surface area contributed by atoms with Crippen LogP contribution >= 0.6 is 0 Å². The van der Waals surface area contributed by atoms with Crippen molar-refractivity contribution in [2.24, 2.45) is 0 Å². The van der Waals surface area contributed by atoms with Crippen LogP contribution in [0.15, 0.2) is 66.7 Å². The van der Waals surface area contributed by atoms with Crippen LogP contribution in [0.25, 0.3) is 21.7 Å². The van der Waals surface area contributed by atoms with Gasteiger partial charge in [0.15, 0.2) is 0 Å². The van der Waals surface area contributed by atoms with E-state index in [1.165, 1.54) is 0 Å². The van der Waals surface area contributed by atoms with Crippen molar-refractivity contribution in [3.8, 4) is 5.75 Å². The molecular formula is C20H16N2O2. The maximum absolute atomic E-state index is 12.5. The lowest BCUT2D eigenvalue weighted by atomic mass is 10.1. The Balaban J connectivity index is 1.70. The van der Waals surface area contributed by atoms with Gasteiger partial charge in [0.1, 0.15) is 11.4 Å². The van der Waals surface area contributed by atoms with Gasteiger partial charge in [-0.3, -0.25) is 4.79 Å². The van der Waals surface area contributed by atoms with Crippen molar-refractivity contribution in [2.75, 3.05) is 12.4 Å². The van der Waals surface area contributed by atoms with E-state index in [1.54, 1.807) is 13.2 Å². The molecule has 0 aliphatic heterocycles. The molecule has 0 aliphatic rings. The molecule has 4 rings (SSSR count). The van der Waals surface area contributed by atoms with Crippen LogP contribution in [0.3, 0.4) is 0 Å². The van der Waals surface area contributed by atoms with Crippen LogP contribution in [0.2, 0.25) is 0 Å². The number of ether oxygens (including phenoxy) is 1. The highest BCUT2D eigenvalue weighted by molar-refractivity contribution is 6.12. The molecule has 1 heterocycles. The van der Waals surface area contributed by atoms with Crippen molar-refractivity contribution < 1.29 is 9.53 Å². The molecule has 0 unspecified atom stereocenters. The summed E-state index contributed by atoms with van der Waals surface area (Å²) in [6.07, 6.45) is 0. The van der Waals surface area contributed by atoms with Gasteiger partial charge in [-0.25, -0.2) is 0 Å².